The standard InChI is InChI=1S/C30H34ClN3O2/c1-30(2,3)22-15-17-23(18-16-22)36-21-9-20-34-27-13-7-6-12-26(27)33-28(34)14-8-19-32-29(35)24-10-4-5-11-25(24)31/h4-7,10-13,15-18H,8-9,14,19-21H2,1-3H3,(H,32,35). The third kappa shape index (κ3) is 6.46. The number of benzene rings is 3. The molecule has 4 aromatic rings. The lowest BCUT2D eigenvalue weighted by atomic mass is 9.87. The van der Waals surface area contributed by atoms with Crippen LogP contribution >= 0.6 is 11.6 Å². The number of amides is 1. The first kappa shape index (κ1) is 25.8. The highest BCUT2D eigenvalue weighted by Crippen LogP contribution is 2.24. The molecule has 0 fully saturated rings. The van der Waals surface area contributed by atoms with E-state index < -0.39 is 0 Å². The van der Waals surface area contributed by atoms with Crippen LogP contribution in [0.3, 0.4) is 0 Å². The monoisotopic (exact) mass is 503 g/mol. The predicted octanol–water partition coefficient (Wildman–Crippen LogP) is 6.82. The Bertz CT molecular complexity index is 1310. The minimum atomic E-state index is -0.151. The summed E-state index contributed by atoms with van der Waals surface area (Å²) < 4.78 is 8.28. The van der Waals surface area contributed by atoms with Crippen molar-refractivity contribution in [2.45, 2.75) is 52.0 Å². The molecule has 1 heterocycles. The zero-order valence-corrected chi connectivity index (χ0v) is 22.0. The molecular weight excluding hydrogens is 470 g/mol. The van der Waals surface area contributed by atoms with Gasteiger partial charge in [-0.05, 0) is 60.2 Å². The average Bonchev–Trinajstić information content (AvgIpc) is 3.21. The summed E-state index contributed by atoms with van der Waals surface area (Å²) in [6.45, 7) is 8.64. The third-order valence-corrected chi connectivity index (χ3v) is 6.56. The second-order valence-electron chi connectivity index (χ2n) is 9.98. The molecular formula is C30H34ClN3O2. The molecule has 0 unspecified atom stereocenters. The van der Waals surface area contributed by atoms with Gasteiger partial charge in [0, 0.05) is 19.5 Å². The van der Waals surface area contributed by atoms with E-state index in [1.54, 1.807) is 12.1 Å². The number of hydrogen-bond donors (Lipinski definition) is 1. The second-order valence-corrected chi connectivity index (χ2v) is 10.4. The summed E-state index contributed by atoms with van der Waals surface area (Å²) in [5, 5.41) is 3.43. The van der Waals surface area contributed by atoms with E-state index in [1.807, 2.05) is 30.3 Å². The number of nitrogens with zero attached hydrogens (tertiary/aromatic N) is 2. The van der Waals surface area contributed by atoms with Crippen molar-refractivity contribution in [3.8, 4) is 5.75 Å². The quantitative estimate of drug-likeness (QED) is 0.241. The highest BCUT2D eigenvalue weighted by atomic mass is 35.5. The Morgan fingerprint density at radius 2 is 1.69 bits per heavy atom. The van der Waals surface area contributed by atoms with Crippen LogP contribution in [0.25, 0.3) is 11.0 Å². The maximum atomic E-state index is 12.4. The molecule has 0 saturated carbocycles. The van der Waals surface area contributed by atoms with E-state index in [1.165, 1.54) is 5.56 Å². The molecule has 0 spiro atoms. The van der Waals surface area contributed by atoms with Crippen LogP contribution in [0.1, 0.15) is 55.4 Å². The van der Waals surface area contributed by atoms with Crippen LogP contribution in [-0.2, 0) is 18.4 Å². The largest absolute Gasteiger partial charge is 0.494 e. The van der Waals surface area contributed by atoms with Crippen molar-refractivity contribution in [2.75, 3.05) is 13.2 Å². The number of carbonyl (C=O) groups excluding carboxylic acids is 1. The van der Waals surface area contributed by atoms with E-state index in [2.05, 4.69) is 61.0 Å². The summed E-state index contributed by atoms with van der Waals surface area (Å²) in [6, 6.07) is 23.7. The molecule has 5 nitrogen and oxygen atoms in total. The van der Waals surface area contributed by atoms with E-state index in [9.17, 15) is 4.79 Å². The van der Waals surface area contributed by atoms with Crippen molar-refractivity contribution in [2.24, 2.45) is 0 Å². The molecule has 1 N–H and O–H groups in total. The molecule has 4 rings (SSSR count). The Hall–Kier alpha value is -3.31. The van der Waals surface area contributed by atoms with E-state index in [4.69, 9.17) is 21.3 Å². The number of hydrogen-bond acceptors (Lipinski definition) is 3. The van der Waals surface area contributed by atoms with Gasteiger partial charge in [-0.1, -0.05) is 68.8 Å². The van der Waals surface area contributed by atoms with Crippen LogP contribution in [0.15, 0.2) is 72.8 Å². The number of para-hydroxylation sites is 2. The molecule has 0 aliphatic carbocycles. The summed E-state index contributed by atoms with van der Waals surface area (Å²) in [5.74, 6) is 1.77. The van der Waals surface area contributed by atoms with E-state index in [-0.39, 0.29) is 11.3 Å². The molecule has 3 aromatic carbocycles. The number of rotatable bonds is 10. The number of nitrogens with one attached hydrogen (secondary N) is 1. The van der Waals surface area contributed by atoms with Crippen molar-refractivity contribution in [3.63, 3.8) is 0 Å². The number of carbonyl (C=O) groups is 1. The molecule has 1 amide bonds. The zero-order chi connectivity index (χ0) is 25.5. The van der Waals surface area contributed by atoms with Gasteiger partial charge >= 0.3 is 0 Å². The van der Waals surface area contributed by atoms with Gasteiger partial charge in [0.25, 0.3) is 5.91 Å². The summed E-state index contributed by atoms with van der Waals surface area (Å²) in [7, 11) is 0. The minimum Gasteiger partial charge on any atom is -0.494 e. The van der Waals surface area contributed by atoms with Gasteiger partial charge in [0.1, 0.15) is 11.6 Å². The van der Waals surface area contributed by atoms with Gasteiger partial charge in [-0.15, -0.1) is 0 Å². The third-order valence-electron chi connectivity index (χ3n) is 6.23. The Morgan fingerprint density at radius 1 is 0.972 bits per heavy atom. The molecule has 0 bridgehead atoms. The first-order valence-electron chi connectivity index (χ1n) is 12.5. The van der Waals surface area contributed by atoms with Crippen molar-refractivity contribution in [3.05, 3.63) is 94.8 Å². The fourth-order valence-electron chi connectivity index (χ4n) is 4.22. The van der Waals surface area contributed by atoms with E-state index in [0.29, 0.717) is 23.7 Å². The molecule has 0 atom stereocenters. The predicted molar refractivity (Wildman–Crippen MR) is 147 cm³/mol. The minimum absolute atomic E-state index is 0.134. The van der Waals surface area contributed by atoms with E-state index >= 15 is 0 Å². The Kier molecular flexibility index (Phi) is 8.32. The highest BCUT2D eigenvalue weighted by molar-refractivity contribution is 6.33. The molecule has 188 valence electrons. The summed E-state index contributed by atoms with van der Waals surface area (Å²) in [4.78, 5) is 17.3. The Morgan fingerprint density at radius 3 is 2.44 bits per heavy atom. The number of aryl methyl sites for hydroxylation is 2. The molecule has 1 aromatic heterocycles. The maximum Gasteiger partial charge on any atom is 0.252 e. The number of aromatic nitrogens is 2. The summed E-state index contributed by atoms with van der Waals surface area (Å²) in [6.07, 6.45) is 2.43. The van der Waals surface area contributed by atoms with Crippen LogP contribution in [0, 0.1) is 0 Å². The number of halogens is 1. The van der Waals surface area contributed by atoms with Crippen molar-refractivity contribution >= 4 is 28.5 Å². The van der Waals surface area contributed by atoms with Crippen LogP contribution in [0.4, 0.5) is 0 Å². The lowest BCUT2D eigenvalue weighted by molar-refractivity contribution is 0.0953. The topological polar surface area (TPSA) is 56.1 Å². The van der Waals surface area contributed by atoms with Crippen LogP contribution < -0.4 is 10.1 Å². The first-order valence-corrected chi connectivity index (χ1v) is 12.9. The normalized spacial score (nSPS) is 11.6. The summed E-state index contributed by atoms with van der Waals surface area (Å²) in [5.41, 5.74) is 4.05. The van der Waals surface area contributed by atoms with Crippen molar-refractivity contribution in [1.29, 1.82) is 0 Å². The van der Waals surface area contributed by atoms with Crippen LogP contribution in [0.2, 0.25) is 5.02 Å². The smallest absolute Gasteiger partial charge is 0.252 e. The molecule has 0 saturated heterocycles. The molecule has 0 radical (unpaired) electrons. The number of imidazole rings is 1. The lowest BCUT2D eigenvalue weighted by Gasteiger charge is -2.19. The van der Waals surface area contributed by atoms with Gasteiger partial charge in [-0.25, -0.2) is 4.98 Å². The molecule has 0 aliphatic rings. The van der Waals surface area contributed by atoms with Gasteiger partial charge in [-0.2, -0.15) is 0 Å². The Labute approximate surface area is 218 Å². The molecule has 36 heavy (non-hydrogen) atoms. The SMILES string of the molecule is CC(C)(C)c1ccc(OCCCn2c(CCCNC(=O)c3ccccc3Cl)nc3ccccc32)cc1. The molecule has 0 aliphatic heterocycles. The van der Waals surface area contributed by atoms with Gasteiger partial charge in [-0.3, -0.25) is 4.79 Å². The fraction of sp³-hybridized carbons (Fsp3) is 0.333. The van der Waals surface area contributed by atoms with Crippen LogP contribution in [0.5, 0.6) is 5.75 Å². The van der Waals surface area contributed by atoms with Gasteiger partial charge < -0.3 is 14.6 Å². The lowest BCUT2D eigenvalue weighted by Crippen LogP contribution is -2.25. The van der Waals surface area contributed by atoms with E-state index in [0.717, 1.165) is 48.4 Å². The van der Waals surface area contributed by atoms with Crippen molar-refractivity contribution < 1.29 is 9.53 Å². The van der Waals surface area contributed by atoms with Gasteiger partial charge in [0.15, 0.2) is 0 Å². The van der Waals surface area contributed by atoms with Gasteiger partial charge in [0.2, 0.25) is 0 Å². The average molecular weight is 504 g/mol. The zero-order valence-electron chi connectivity index (χ0n) is 21.3. The first-order chi connectivity index (χ1) is 17.3. The van der Waals surface area contributed by atoms with Crippen LogP contribution in [-0.4, -0.2) is 28.6 Å². The maximum absolute atomic E-state index is 12.4. The molecule has 6 heteroatoms. The highest BCUT2D eigenvalue weighted by Gasteiger charge is 2.14. The number of ether oxygens (including phenoxy) is 1. The number of fused-ring (bicyclic) bond motifs is 1. The fourth-order valence-corrected chi connectivity index (χ4v) is 4.44. The van der Waals surface area contributed by atoms with Crippen molar-refractivity contribution in [1.82, 2.24) is 14.9 Å². The summed E-state index contributed by atoms with van der Waals surface area (Å²) >= 11 is 6.13. The second kappa shape index (κ2) is 11.6. The Balaban J connectivity index is 1.32. The van der Waals surface area contributed by atoms with Gasteiger partial charge in [0.05, 0.1) is 28.2 Å².